The van der Waals surface area contributed by atoms with E-state index in [9.17, 15) is 14.4 Å². The van der Waals surface area contributed by atoms with Crippen LogP contribution in [0, 0.1) is 0 Å². The van der Waals surface area contributed by atoms with E-state index < -0.39 is 17.8 Å². The van der Waals surface area contributed by atoms with E-state index in [2.05, 4.69) is 20.1 Å². The largest absolute Gasteiger partial charge is 0.465 e. The van der Waals surface area contributed by atoms with Gasteiger partial charge in [0.25, 0.3) is 0 Å². The van der Waals surface area contributed by atoms with Gasteiger partial charge in [-0.1, -0.05) is 0 Å². The summed E-state index contributed by atoms with van der Waals surface area (Å²) in [6.45, 7) is 1.48. The Hall–Kier alpha value is -1.63. The summed E-state index contributed by atoms with van der Waals surface area (Å²) in [5.74, 6) is -2.35. The minimum absolute atomic E-state index is 0.0638. The highest BCUT2D eigenvalue weighted by atomic mass is 16.5. The Kier molecular flexibility index (Phi) is 6.90. The molecular weight excluding hydrogens is 204 g/mol. The first-order chi connectivity index (χ1) is 7.11. The van der Waals surface area contributed by atoms with Gasteiger partial charge >= 0.3 is 17.8 Å². The molecule has 2 N–H and O–H groups in total. The predicted molar refractivity (Wildman–Crippen MR) is 49.7 cm³/mol. The standard InChI is InChI=1S/C8H14N2O5/c1-3-15-6(11)4-9-7(12)8(13)10-5-14-2/h3-5H2,1-2H3,(H,9,12)(H,10,13). The average Bonchev–Trinajstić information content (AvgIpc) is 2.22. The van der Waals surface area contributed by atoms with E-state index in [4.69, 9.17) is 0 Å². The van der Waals surface area contributed by atoms with Crippen molar-refractivity contribution in [2.75, 3.05) is 27.0 Å². The van der Waals surface area contributed by atoms with Crippen LogP contribution in [0.5, 0.6) is 0 Å². The van der Waals surface area contributed by atoms with Crippen LogP contribution in [0.2, 0.25) is 0 Å². The van der Waals surface area contributed by atoms with E-state index in [-0.39, 0.29) is 19.9 Å². The normalized spacial score (nSPS) is 9.20. The first-order valence-electron chi connectivity index (χ1n) is 4.32. The molecule has 0 unspecified atom stereocenters. The Bertz CT molecular complexity index is 241. The smallest absolute Gasteiger partial charge is 0.325 e. The number of carbonyl (C=O) groups is 3. The molecule has 0 radical (unpaired) electrons. The van der Waals surface area contributed by atoms with Gasteiger partial charge in [0.1, 0.15) is 13.3 Å². The van der Waals surface area contributed by atoms with Crippen LogP contribution in [-0.4, -0.2) is 44.8 Å². The maximum Gasteiger partial charge on any atom is 0.325 e. The van der Waals surface area contributed by atoms with Crippen molar-refractivity contribution in [3.05, 3.63) is 0 Å². The highest BCUT2D eigenvalue weighted by Gasteiger charge is 2.13. The van der Waals surface area contributed by atoms with E-state index in [0.717, 1.165) is 0 Å². The van der Waals surface area contributed by atoms with Crippen LogP contribution in [-0.2, 0) is 23.9 Å². The Morgan fingerprint density at radius 3 is 2.27 bits per heavy atom. The third-order valence-corrected chi connectivity index (χ3v) is 1.28. The van der Waals surface area contributed by atoms with Crippen LogP contribution in [0.25, 0.3) is 0 Å². The van der Waals surface area contributed by atoms with E-state index >= 15 is 0 Å². The number of nitrogens with one attached hydrogen (secondary N) is 2. The fourth-order valence-electron chi connectivity index (χ4n) is 0.663. The number of methoxy groups -OCH3 is 1. The third kappa shape index (κ3) is 6.44. The quantitative estimate of drug-likeness (QED) is 0.329. The van der Waals surface area contributed by atoms with Crippen molar-refractivity contribution in [2.24, 2.45) is 0 Å². The molecule has 0 atom stereocenters. The topological polar surface area (TPSA) is 93.7 Å². The van der Waals surface area contributed by atoms with Crippen LogP contribution in [0.15, 0.2) is 0 Å². The highest BCUT2D eigenvalue weighted by Crippen LogP contribution is 1.76. The summed E-state index contributed by atoms with van der Waals surface area (Å²) < 4.78 is 9.07. The lowest BCUT2D eigenvalue weighted by molar-refractivity contribution is -0.145. The number of carbonyl (C=O) groups excluding carboxylic acids is 3. The van der Waals surface area contributed by atoms with Gasteiger partial charge in [0.2, 0.25) is 0 Å². The summed E-state index contributed by atoms with van der Waals surface area (Å²) in [6, 6.07) is 0. The second-order valence-corrected chi connectivity index (χ2v) is 2.43. The molecule has 0 rings (SSSR count). The summed E-state index contributed by atoms with van der Waals surface area (Å²) in [5.41, 5.74) is 0. The lowest BCUT2D eigenvalue weighted by Crippen LogP contribution is -2.42. The number of rotatable bonds is 5. The fourth-order valence-corrected chi connectivity index (χ4v) is 0.663. The molecule has 0 heterocycles. The maximum atomic E-state index is 11.0. The molecule has 15 heavy (non-hydrogen) atoms. The predicted octanol–water partition coefficient (Wildman–Crippen LogP) is -1.61. The van der Waals surface area contributed by atoms with E-state index in [0.29, 0.717) is 0 Å². The number of esters is 1. The second-order valence-electron chi connectivity index (χ2n) is 2.43. The molecule has 0 saturated carbocycles. The summed E-state index contributed by atoms with van der Waals surface area (Å²) in [6.07, 6.45) is 0. The number of amides is 2. The van der Waals surface area contributed by atoms with E-state index in [1.54, 1.807) is 6.92 Å². The lowest BCUT2D eigenvalue weighted by atomic mass is 10.5. The molecule has 2 amide bonds. The lowest BCUT2D eigenvalue weighted by Gasteiger charge is -2.05. The van der Waals surface area contributed by atoms with Gasteiger partial charge in [0.05, 0.1) is 6.61 Å². The summed E-state index contributed by atoms with van der Waals surface area (Å²) >= 11 is 0. The van der Waals surface area contributed by atoms with Gasteiger partial charge in [0.15, 0.2) is 0 Å². The zero-order valence-electron chi connectivity index (χ0n) is 8.66. The van der Waals surface area contributed by atoms with Crippen LogP contribution in [0.1, 0.15) is 6.92 Å². The molecule has 0 fully saturated rings. The van der Waals surface area contributed by atoms with Gasteiger partial charge in [-0.05, 0) is 6.92 Å². The maximum absolute atomic E-state index is 11.0. The summed E-state index contributed by atoms with van der Waals surface area (Å²) in [5, 5.41) is 4.26. The molecule has 7 heteroatoms. The van der Waals surface area contributed by atoms with Gasteiger partial charge in [0, 0.05) is 7.11 Å². The number of hydrogen-bond donors (Lipinski definition) is 2. The molecule has 0 aliphatic carbocycles. The second kappa shape index (κ2) is 7.74. The van der Waals surface area contributed by atoms with E-state index in [1.165, 1.54) is 7.11 Å². The van der Waals surface area contributed by atoms with Crippen molar-refractivity contribution in [2.45, 2.75) is 6.92 Å². The molecule has 0 bridgehead atoms. The minimum Gasteiger partial charge on any atom is -0.465 e. The van der Waals surface area contributed by atoms with Gasteiger partial charge in [-0.2, -0.15) is 0 Å². The molecule has 86 valence electrons. The Morgan fingerprint density at radius 2 is 1.73 bits per heavy atom. The molecule has 0 aromatic rings. The van der Waals surface area contributed by atoms with Gasteiger partial charge in [-0.3, -0.25) is 14.4 Å². The number of hydrogen-bond acceptors (Lipinski definition) is 5. The summed E-state index contributed by atoms with van der Waals surface area (Å²) in [4.78, 5) is 32.7. The Labute approximate surface area is 87.1 Å². The van der Waals surface area contributed by atoms with Crippen molar-refractivity contribution in [3.63, 3.8) is 0 Å². The van der Waals surface area contributed by atoms with E-state index in [1.807, 2.05) is 0 Å². The van der Waals surface area contributed by atoms with Crippen molar-refractivity contribution in [1.29, 1.82) is 0 Å². The van der Waals surface area contributed by atoms with Crippen molar-refractivity contribution < 1.29 is 23.9 Å². The molecule has 0 aromatic heterocycles. The molecule has 7 nitrogen and oxygen atoms in total. The zero-order chi connectivity index (χ0) is 11.7. The molecule has 0 saturated heterocycles. The first-order valence-corrected chi connectivity index (χ1v) is 4.32. The van der Waals surface area contributed by atoms with Gasteiger partial charge in [-0.25, -0.2) is 0 Å². The molecule has 0 spiro atoms. The highest BCUT2D eigenvalue weighted by molar-refractivity contribution is 6.35. The Balaban J connectivity index is 3.73. The average molecular weight is 218 g/mol. The van der Waals surface area contributed by atoms with Crippen molar-refractivity contribution in [3.8, 4) is 0 Å². The van der Waals surface area contributed by atoms with Crippen LogP contribution in [0.4, 0.5) is 0 Å². The van der Waals surface area contributed by atoms with Crippen molar-refractivity contribution >= 4 is 17.8 Å². The fraction of sp³-hybridized carbons (Fsp3) is 0.625. The Morgan fingerprint density at radius 1 is 1.13 bits per heavy atom. The van der Waals surface area contributed by atoms with Gasteiger partial charge < -0.3 is 20.1 Å². The molecule has 0 aliphatic heterocycles. The van der Waals surface area contributed by atoms with Crippen LogP contribution < -0.4 is 10.6 Å². The van der Waals surface area contributed by atoms with Crippen LogP contribution >= 0.6 is 0 Å². The zero-order valence-corrected chi connectivity index (χ0v) is 8.66. The van der Waals surface area contributed by atoms with Gasteiger partial charge in [-0.15, -0.1) is 0 Å². The third-order valence-electron chi connectivity index (χ3n) is 1.28. The van der Waals surface area contributed by atoms with Crippen molar-refractivity contribution in [1.82, 2.24) is 10.6 Å². The first kappa shape index (κ1) is 13.4. The molecule has 0 aliphatic rings. The van der Waals surface area contributed by atoms with Crippen LogP contribution in [0.3, 0.4) is 0 Å². The number of ether oxygens (including phenoxy) is 2. The monoisotopic (exact) mass is 218 g/mol. The SMILES string of the molecule is CCOC(=O)CNC(=O)C(=O)NCOC. The summed E-state index contributed by atoms with van der Waals surface area (Å²) in [7, 11) is 1.37. The minimum atomic E-state index is -0.903. The molecule has 0 aromatic carbocycles. The molecular formula is C8H14N2O5.